The third kappa shape index (κ3) is 3.17. The topological polar surface area (TPSA) is 18.5 Å². The second-order valence-corrected chi connectivity index (χ2v) is 4.85. The molecule has 2 unspecified atom stereocenters. The van der Waals surface area contributed by atoms with Crippen LogP contribution in [0.4, 0.5) is 4.39 Å². The SMILES string of the molecule is CF.COCC1CCC(c2cccc3ccccc23)O1. The standard InChI is InChI=1S/C16H18O2.CH3F/c1-17-11-13-9-10-16(18-13)15-8-4-6-12-5-2-3-7-14(12)15;1-2/h2-8,13,16H,9-11H2,1H3;1H3. The van der Waals surface area contributed by atoms with E-state index in [-0.39, 0.29) is 12.2 Å². The molecule has 108 valence electrons. The maximum atomic E-state index is 9.50. The molecule has 3 heteroatoms. The third-order valence-electron chi connectivity index (χ3n) is 3.63. The zero-order valence-corrected chi connectivity index (χ0v) is 12.0. The zero-order valence-electron chi connectivity index (χ0n) is 12.0. The molecule has 3 rings (SSSR count). The molecule has 0 saturated carbocycles. The van der Waals surface area contributed by atoms with Crippen molar-refractivity contribution < 1.29 is 13.9 Å². The van der Waals surface area contributed by atoms with Gasteiger partial charge in [0.15, 0.2) is 0 Å². The van der Waals surface area contributed by atoms with Gasteiger partial charge in [-0.1, -0.05) is 42.5 Å². The van der Waals surface area contributed by atoms with E-state index in [0.29, 0.717) is 13.8 Å². The Morgan fingerprint density at radius 2 is 1.85 bits per heavy atom. The largest absolute Gasteiger partial charge is 0.382 e. The second-order valence-electron chi connectivity index (χ2n) is 4.85. The van der Waals surface area contributed by atoms with E-state index in [4.69, 9.17) is 9.47 Å². The maximum absolute atomic E-state index is 9.50. The molecule has 1 fully saturated rings. The van der Waals surface area contributed by atoms with E-state index in [1.165, 1.54) is 16.3 Å². The zero-order chi connectivity index (χ0) is 14.4. The van der Waals surface area contributed by atoms with E-state index in [0.717, 1.165) is 12.8 Å². The van der Waals surface area contributed by atoms with Crippen molar-refractivity contribution in [2.45, 2.75) is 25.0 Å². The number of fused-ring (bicyclic) bond motifs is 1. The highest BCUT2D eigenvalue weighted by molar-refractivity contribution is 5.86. The fourth-order valence-electron chi connectivity index (χ4n) is 2.77. The molecule has 0 amide bonds. The maximum Gasteiger partial charge on any atom is 0.0836 e. The van der Waals surface area contributed by atoms with Crippen molar-refractivity contribution in [3.05, 3.63) is 48.0 Å². The van der Waals surface area contributed by atoms with E-state index in [9.17, 15) is 4.39 Å². The molecule has 1 aliphatic rings. The van der Waals surface area contributed by atoms with Crippen molar-refractivity contribution in [1.82, 2.24) is 0 Å². The number of halogens is 1. The summed E-state index contributed by atoms with van der Waals surface area (Å²) < 4.78 is 20.7. The molecule has 2 aromatic carbocycles. The fourth-order valence-corrected chi connectivity index (χ4v) is 2.77. The Bertz CT molecular complexity index is 536. The minimum Gasteiger partial charge on any atom is -0.382 e. The highest BCUT2D eigenvalue weighted by Gasteiger charge is 2.27. The molecular formula is C17H21FO2. The lowest BCUT2D eigenvalue weighted by Gasteiger charge is -2.15. The minimum atomic E-state index is 0.219. The summed E-state index contributed by atoms with van der Waals surface area (Å²) in [4.78, 5) is 0. The summed E-state index contributed by atoms with van der Waals surface area (Å²) in [6.07, 6.45) is 2.64. The van der Waals surface area contributed by atoms with Gasteiger partial charge in [-0.3, -0.25) is 4.39 Å². The lowest BCUT2D eigenvalue weighted by atomic mass is 9.99. The van der Waals surface area contributed by atoms with Gasteiger partial charge in [0, 0.05) is 7.11 Å². The van der Waals surface area contributed by atoms with Crippen LogP contribution in [0.3, 0.4) is 0 Å². The molecule has 0 aliphatic carbocycles. The van der Waals surface area contributed by atoms with Gasteiger partial charge in [0.25, 0.3) is 0 Å². The van der Waals surface area contributed by atoms with Crippen molar-refractivity contribution in [3.63, 3.8) is 0 Å². The summed E-state index contributed by atoms with van der Waals surface area (Å²) in [7, 11) is 2.23. The number of benzene rings is 2. The van der Waals surface area contributed by atoms with Crippen LogP contribution in [0.25, 0.3) is 10.8 Å². The lowest BCUT2D eigenvalue weighted by molar-refractivity contribution is -0.00169. The number of hydrogen-bond acceptors (Lipinski definition) is 2. The van der Waals surface area contributed by atoms with Gasteiger partial charge in [-0.2, -0.15) is 0 Å². The summed E-state index contributed by atoms with van der Waals surface area (Å²) in [5.41, 5.74) is 1.31. The monoisotopic (exact) mass is 276 g/mol. The van der Waals surface area contributed by atoms with Crippen LogP contribution in [0.15, 0.2) is 42.5 Å². The van der Waals surface area contributed by atoms with Gasteiger partial charge >= 0.3 is 0 Å². The van der Waals surface area contributed by atoms with Crippen LogP contribution in [-0.2, 0) is 9.47 Å². The van der Waals surface area contributed by atoms with Crippen LogP contribution in [0, 0.1) is 0 Å². The first-order valence-corrected chi connectivity index (χ1v) is 6.88. The van der Waals surface area contributed by atoms with Gasteiger partial charge in [-0.15, -0.1) is 0 Å². The Morgan fingerprint density at radius 1 is 1.10 bits per heavy atom. The van der Waals surface area contributed by atoms with Gasteiger partial charge in [0.1, 0.15) is 0 Å². The fraction of sp³-hybridized carbons (Fsp3) is 0.412. The number of alkyl halides is 1. The highest BCUT2D eigenvalue weighted by atomic mass is 19.1. The molecule has 2 atom stereocenters. The predicted molar refractivity (Wildman–Crippen MR) is 79.7 cm³/mol. The first-order valence-electron chi connectivity index (χ1n) is 6.88. The van der Waals surface area contributed by atoms with Gasteiger partial charge in [0.2, 0.25) is 0 Å². The van der Waals surface area contributed by atoms with Crippen LogP contribution in [0.5, 0.6) is 0 Å². The summed E-state index contributed by atoms with van der Waals surface area (Å²) in [6, 6.07) is 15.0. The van der Waals surface area contributed by atoms with E-state index < -0.39 is 0 Å². The smallest absolute Gasteiger partial charge is 0.0836 e. The molecule has 1 heterocycles. The van der Waals surface area contributed by atoms with Crippen molar-refractivity contribution in [2.75, 3.05) is 20.9 Å². The minimum absolute atomic E-state index is 0.219. The number of methoxy groups -OCH3 is 1. The van der Waals surface area contributed by atoms with Gasteiger partial charge in [0.05, 0.1) is 26.0 Å². The molecular weight excluding hydrogens is 255 g/mol. The van der Waals surface area contributed by atoms with Crippen molar-refractivity contribution in [1.29, 1.82) is 0 Å². The summed E-state index contributed by atoms with van der Waals surface area (Å²) in [5, 5.41) is 2.59. The van der Waals surface area contributed by atoms with Crippen molar-refractivity contribution >= 4 is 10.8 Å². The van der Waals surface area contributed by atoms with Crippen LogP contribution >= 0.6 is 0 Å². The highest BCUT2D eigenvalue weighted by Crippen LogP contribution is 2.36. The Hall–Kier alpha value is -1.45. The van der Waals surface area contributed by atoms with Crippen LogP contribution in [0.2, 0.25) is 0 Å². The summed E-state index contributed by atoms with van der Waals surface area (Å²) in [5.74, 6) is 0. The molecule has 0 aromatic heterocycles. The Labute approximate surface area is 119 Å². The average Bonchev–Trinajstić information content (AvgIpc) is 2.98. The number of rotatable bonds is 3. The summed E-state index contributed by atoms with van der Waals surface area (Å²) in [6.45, 7) is 0.696. The molecule has 2 nitrogen and oxygen atoms in total. The molecule has 20 heavy (non-hydrogen) atoms. The molecule has 0 bridgehead atoms. The molecule has 1 saturated heterocycles. The van der Waals surface area contributed by atoms with Crippen molar-refractivity contribution in [3.8, 4) is 0 Å². The molecule has 0 spiro atoms. The second kappa shape index (κ2) is 7.36. The molecule has 0 N–H and O–H groups in total. The Balaban J connectivity index is 0.000000704. The third-order valence-corrected chi connectivity index (χ3v) is 3.63. The number of hydrogen-bond donors (Lipinski definition) is 0. The van der Waals surface area contributed by atoms with Gasteiger partial charge < -0.3 is 9.47 Å². The van der Waals surface area contributed by atoms with Crippen LogP contribution in [-0.4, -0.2) is 27.0 Å². The predicted octanol–water partition coefficient (Wildman–Crippen LogP) is 4.29. The van der Waals surface area contributed by atoms with Crippen LogP contribution in [0.1, 0.15) is 24.5 Å². The summed E-state index contributed by atoms with van der Waals surface area (Å²) >= 11 is 0. The van der Waals surface area contributed by atoms with E-state index >= 15 is 0 Å². The Morgan fingerprint density at radius 3 is 2.65 bits per heavy atom. The lowest BCUT2D eigenvalue weighted by Crippen LogP contribution is -2.13. The van der Waals surface area contributed by atoms with Gasteiger partial charge in [-0.25, -0.2) is 0 Å². The first kappa shape index (κ1) is 14.9. The first-order chi connectivity index (χ1) is 9.88. The van der Waals surface area contributed by atoms with E-state index in [1.54, 1.807) is 7.11 Å². The van der Waals surface area contributed by atoms with E-state index in [1.807, 2.05) is 0 Å². The number of ether oxygens (including phenoxy) is 2. The van der Waals surface area contributed by atoms with Crippen molar-refractivity contribution in [2.24, 2.45) is 0 Å². The normalized spacial score (nSPS) is 21.6. The quantitative estimate of drug-likeness (QED) is 0.832. The van der Waals surface area contributed by atoms with Gasteiger partial charge in [-0.05, 0) is 29.2 Å². The average molecular weight is 276 g/mol. The Kier molecular flexibility index (Phi) is 5.50. The molecule has 2 aromatic rings. The molecule has 1 aliphatic heterocycles. The van der Waals surface area contributed by atoms with Crippen LogP contribution < -0.4 is 0 Å². The molecule has 0 radical (unpaired) electrons. The van der Waals surface area contributed by atoms with E-state index in [2.05, 4.69) is 42.5 Å².